The number of carbonyl (C=O) groups excluding carboxylic acids is 2. The van der Waals surface area contributed by atoms with Crippen molar-refractivity contribution in [1.29, 1.82) is 0 Å². The molecule has 1 atom stereocenters. The molecule has 1 amide bonds. The van der Waals surface area contributed by atoms with Gasteiger partial charge in [0.1, 0.15) is 6.61 Å². The third-order valence-corrected chi connectivity index (χ3v) is 2.76. The molecule has 1 N–H and O–H groups in total. The number of nitrogens with one attached hydrogen (secondary N) is 1. The third kappa shape index (κ3) is 6.80. The molecule has 0 spiro atoms. The molecule has 5 heteroatoms. The largest absolute Gasteiger partial charge is 0.456 e. The van der Waals surface area contributed by atoms with Crippen LogP contribution in [0.1, 0.15) is 26.3 Å². The Hall–Kier alpha value is -2.48. The first-order chi connectivity index (χ1) is 10.5. The Morgan fingerprint density at radius 2 is 1.86 bits per heavy atom. The van der Waals surface area contributed by atoms with E-state index in [9.17, 15) is 9.59 Å². The zero-order valence-corrected chi connectivity index (χ0v) is 13.1. The third-order valence-electron chi connectivity index (χ3n) is 2.76. The van der Waals surface area contributed by atoms with Gasteiger partial charge in [-0.3, -0.25) is 0 Å². The van der Waals surface area contributed by atoms with Crippen LogP contribution in [0.15, 0.2) is 30.3 Å². The van der Waals surface area contributed by atoms with Crippen molar-refractivity contribution in [3.05, 3.63) is 35.9 Å². The number of hydrogen-bond donors (Lipinski definition) is 1. The minimum absolute atomic E-state index is 0.0335. The van der Waals surface area contributed by atoms with E-state index in [0.717, 1.165) is 5.56 Å². The molecule has 0 saturated heterocycles. The summed E-state index contributed by atoms with van der Waals surface area (Å²) in [5.41, 5.74) is 0.899. The number of amides is 1. The van der Waals surface area contributed by atoms with Gasteiger partial charge >= 0.3 is 12.1 Å². The molecular weight excluding hydrogens is 282 g/mol. The molecule has 0 fully saturated rings. The van der Waals surface area contributed by atoms with E-state index >= 15 is 0 Å². The summed E-state index contributed by atoms with van der Waals surface area (Å²) in [5, 5.41) is 2.64. The van der Waals surface area contributed by atoms with Gasteiger partial charge in [-0.2, -0.15) is 0 Å². The number of esters is 1. The van der Waals surface area contributed by atoms with Crippen molar-refractivity contribution >= 4 is 12.1 Å². The van der Waals surface area contributed by atoms with Crippen LogP contribution in [0.2, 0.25) is 0 Å². The van der Waals surface area contributed by atoms with Crippen molar-refractivity contribution in [1.82, 2.24) is 5.32 Å². The van der Waals surface area contributed by atoms with E-state index in [0.29, 0.717) is 0 Å². The highest BCUT2D eigenvalue weighted by molar-refractivity contribution is 5.88. The van der Waals surface area contributed by atoms with E-state index < -0.39 is 18.1 Å². The van der Waals surface area contributed by atoms with Crippen LogP contribution < -0.4 is 5.32 Å². The van der Waals surface area contributed by atoms with Gasteiger partial charge in [-0.25, -0.2) is 9.59 Å². The van der Waals surface area contributed by atoms with Crippen LogP contribution in [0.4, 0.5) is 4.79 Å². The second-order valence-corrected chi connectivity index (χ2v) is 4.92. The van der Waals surface area contributed by atoms with Crippen LogP contribution in [-0.2, 0) is 20.9 Å². The zero-order valence-electron chi connectivity index (χ0n) is 13.1. The van der Waals surface area contributed by atoms with Crippen LogP contribution in [0.5, 0.6) is 0 Å². The molecule has 22 heavy (non-hydrogen) atoms. The van der Waals surface area contributed by atoms with Gasteiger partial charge in [0.15, 0.2) is 0 Å². The lowest BCUT2D eigenvalue weighted by atomic mass is 10.1. The number of ether oxygens (including phenoxy) is 2. The highest BCUT2D eigenvalue weighted by Gasteiger charge is 2.15. The first kappa shape index (κ1) is 17.6. The summed E-state index contributed by atoms with van der Waals surface area (Å²) < 4.78 is 9.85. The fourth-order valence-electron chi connectivity index (χ4n) is 1.57. The summed E-state index contributed by atoms with van der Waals surface area (Å²) in [6.07, 6.45) is -0.569. The van der Waals surface area contributed by atoms with Gasteiger partial charge in [-0.15, -0.1) is 0 Å². The standard InChI is InChI=1S/C17H21NO4/c1-4-21-16(19)11-10-15(13(2)3)18-17(20)22-12-14-8-6-5-7-9-14/h5-9,13,15H,4,12H2,1-3H3,(H,18,20). The molecule has 5 nitrogen and oxygen atoms in total. The van der Waals surface area contributed by atoms with Crippen molar-refractivity contribution in [2.24, 2.45) is 5.92 Å². The Bertz CT molecular complexity index is 543. The van der Waals surface area contributed by atoms with E-state index in [-0.39, 0.29) is 19.1 Å². The van der Waals surface area contributed by atoms with Crippen molar-refractivity contribution in [3.8, 4) is 11.8 Å². The van der Waals surface area contributed by atoms with Crippen molar-refractivity contribution in [2.45, 2.75) is 33.4 Å². The molecule has 1 aromatic rings. The molecular formula is C17H21NO4. The molecule has 1 aromatic carbocycles. The molecule has 0 saturated carbocycles. The van der Waals surface area contributed by atoms with Crippen molar-refractivity contribution in [2.75, 3.05) is 6.61 Å². The van der Waals surface area contributed by atoms with Crippen LogP contribution in [0.3, 0.4) is 0 Å². The predicted octanol–water partition coefficient (Wildman–Crippen LogP) is 2.50. The molecule has 1 rings (SSSR count). The number of hydrogen-bond acceptors (Lipinski definition) is 4. The Morgan fingerprint density at radius 1 is 1.18 bits per heavy atom. The lowest BCUT2D eigenvalue weighted by Crippen LogP contribution is -2.38. The molecule has 1 unspecified atom stereocenters. The van der Waals surface area contributed by atoms with Gasteiger partial charge in [-0.05, 0) is 18.4 Å². The summed E-state index contributed by atoms with van der Waals surface area (Å²) in [6, 6.07) is 8.90. The lowest BCUT2D eigenvalue weighted by Gasteiger charge is -2.16. The van der Waals surface area contributed by atoms with Crippen LogP contribution in [0.25, 0.3) is 0 Å². The number of benzene rings is 1. The summed E-state index contributed by atoms with van der Waals surface area (Å²) in [7, 11) is 0. The minimum Gasteiger partial charge on any atom is -0.456 e. The highest BCUT2D eigenvalue weighted by Crippen LogP contribution is 2.03. The topological polar surface area (TPSA) is 64.6 Å². The smallest absolute Gasteiger partial charge is 0.408 e. The monoisotopic (exact) mass is 303 g/mol. The van der Waals surface area contributed by atoms with Gasteiger partial charge in [-0.1, -0.05) is 50.1 Å². The molecule has 0 aliphatic carbocycles. The number of rotatable bonds is 5. The van der Waals surface area contributed by atoms with Gasteiger partial charge in [0.2, 0.25) is 0 Å². The SMILES string of the molecule is CCOC(=O)C#CC(NC(=O)OCc1ccccc1)C(C)C. The quantitative estimate of drug-likeness (QED) is 0.516. The van der Waals surface area contributed by atoms with E-state index in [1.165, 1.54) is 0 Å². The maximum atomic E-state index is 11.8. The van der Waals surface area contributed by atoms with Crippen molar-refractivity contribution < 1.29 is 19.1 Å². The first-order valence-corrected chi connectivity index (χ1v) is 7.18. The number of alkyl carbamates (subject to hydrolysis) is 1. The second-order valence-electron chi connectivity index (χ2n) is 4.92. The minimum atomic E-state index is -0.604. The molecule has 0 radical (unpaired) electrons. The maximum absolute atomic E-state index is 11.8. The molecule has 118 valence electrons. The summed E-state index contributed by atoms with van der Waals surface area (Å²) >= 11 is 0. The van der Waals surface area contributed by atoms with Gasteiger partial charge in [0, 0.05) is 5.92 Å². The fourth-order valence-corrected chi connectivity index (χ4v) is 1.57. The fraction of sp³-hybridized carbons (Fsp3) is 0.412. The highest BCUT2D eigenvalue weighted by atomic mass is 16.5. The van der Waals surface area contributed by atoms with E-state index in [2.05, 4.69) is 17.2 Å². The molecule has 0 heterocycles. The molecule has 0 bridgehead atoms. The van der Waals surface area contributed by atoms with Gasteiger partial charge in [0.05, 0.1) is 12.6 Å². The van der Waals surface area contributed by atoms with Crippen molar-refractivity contribution in [3.63, 3.8) is 0 Å². The Labute approximate surface area is 131 Å². The van der Waals surface area contributed by atoms with Crippen LogP contribution in [0, 0.1) is 17.8 Å². The van der Waals surface area contributed by atoms with Gasteiger partial charge in [0.25, 0.3) is 0 Å². The maximum Gasteiger partial charge on any atom is 0.408 e. The normalized spacial score (nSPS) is 11.1. The second kappa shape index (κ2) is 9.46. The van der Waals surface area contributed by atoms with E-state index in [4.69, 9.17) is 9.47 Å². The van der Waals surface area contributed by atoms with E-state index in [1.54, 1.807) is 6.92 Å². The average molecular weight is 303 g/mol. The summed E-state index contributed by atoms with van der Waals surface area (Å²) in [4.78, 5) is 23.0. The lowest BCUT2D eigenvalue weighted by molar-refractivity contribution is -0.136. The Kier molecular flexibility index (Phi) is 7.55. The predicted molar refractivity (Wildman–Crippen MR) is 82.8 cm³/mol. The average Bonchev–Trinajstić information content (AvgIpc) is 2.50. The first-order valence-electron chi connectivity index (χ1n) is 7.18. The summed E-state index contributed by atoms with van der Waals surface area (Å²) in [5.74, 6) is 4.49. The van der Waals surface area contributed by atoms with Crippen LogP contribution in [-0.4, -0.2) is 24.7 Å². The molecule has 0 aliphatic rings. The van der Waals surface area contributed by atoms with E-state index in [1.807, 2.05) is 44.2 Å². The van der Waals surface area contributed by atoms with Crippen LogP contribution >= 0.6 is 0 Å². The Morgan fingerprint density at radius 3 is 2.45 bits per heavy atom. The molecule has 0 aliphatic heterocycles. The zero-order chi connectivity index (χ0) is 16.4. The molecule has 0 aromatic heterocycles. The summed E-state index contributed by atoms with van der Waals surface area (Å²) in [6.45, 7) is 5.94. The number of carbonyl (C=O) groups is 2. The van der Waals surface area contributed by atoms with Gasteiger partial charge < -0.3 is 14.8 Å². The Balaban J connectivity index is 2.52.